The zero-order chi connectivity index (χ0) is 21.1. The van der Waals surface area contributed by atoms with Gasteiger partial charge in [0.15, 0.2) is 0 Å². The maximum Gasteiger partial charge on any atom is 0.243 e. The van der Waals surface area contributed by atoms with E-state index >= 15 is 0 Å². The Morgan fingerprint density at radius 3 is 2.33 bits per heavy atom. The normalized spacial score (nSPS) is 21.9. The van der Waals surface area contributed by atoms with Crippen molar-refractivity contribution in [3.05, 3.63) is 29.3 Å². The lowest BCUT2D eigenvalue weighted by Gasteiger charge is -2.43. The monoisotopic (exact) mass is 434 g/mol. The number of piperidine rings is 1. The van der Waals surface area contributed by atoms with Crippen LogP contribution in [0, 0.1) is 0 Å². The molecule has 0 unspecified atom stereocenters. The standard InChI is InChI=1S/C23H34N2O4S/c1-2-23(26)25(21-11-15-29-16-12-21)20-9-13-24(14-10-20)30(27,28)22-8-7-18-5-3-4-6-19(18)17-22/h7-8,17,20-21H,2-6,9-16H2,1H3. The first-order chi connectivity index (χ1) is 14.5. The van der Waals surface area contributed by atoms with Crippen molar-refractivity contribution in [2.75, 3.05) is 26.3 Å². The molecule has 1 amide bonds. The largest absolute Gasteiger partial charge is 0.381 e. The summed E-state index contributed by atoms with van der Waals surface area (Å²) in [6.07, 6.45) is 7.99. The highest BCUT2D eigenvalue weighted by atomic mass is 32.2. The molecule has 0 bridgehead atoms. The van der Waals surface area contributed by atoms with E-state index in [0.717, 1.165) is 32.1 Å². The molecule has 1 aromatic carbocycles. The molecule has 0 N–H and O–H groups in total. The molecule has 2 saturated heterocycles. The average molecular weight is 435 g/mol. The molecule has 2 fully saturated rings. The van der Waals surface area contributed by atoms with Crippen LogP contribution in [0.1, 0.15) is 63.0 Å². The second-order valence-corrected chi connectivity index (χ2v) is 10.7. The van der Waals surface area contributed by atoms with Crippen molar-refractivity contribution < 1.29 is 17.9 Å². The van der Waals surface area contributed by atoms with Gasteiger partial charge in [0.2, 0.25) is 15.9 Å². The van der Waals surface area contributed by atoms with Crippen LogP contribution in [0.15, 0.2) is 23.1 Å². The third-order valence-corrected chi connectivity index (χ3v) is 8.84. The number of amides is 1. The van der Waals surface area contributed by atoms with Gasteiger partial charge in [-0.25, -0.2) is 8.42 Å². The van der Waals surface area contributed by atoms with Gasteiger partial charge >= 0.3 is 0 Å². The van der Waals surface area contributed by atoms with Gasteiger partial charge in [-0.3, -0.25) is 4.79 Å². The Bertz CT molecular complexity index is 856. The summed E-state index contributed by atoms with van der Waals surface area (Å²) in [4.78, 5) is 15.2. The van der Waals surface area contributed by atoms with E-state index in [0.29, 0.717) is 50.5 Å². The number of ether oxygens (including phenoxy) is 1. The van der Waals surface area contributed by atoms with Gasteiger partial charge in [0.1, 0.15) is 0 Å². The van der Waals surface area contributed by atoms with E-state index in [1.54, 1.807) is 10.4 Å². The average Bonchev–Trinajstić information content (AvgIpc) is 2.80. The Morgan fingerprint density at radius 2 is 1.67 bits per heavy atom. The molecule has 0 saturated carbocycles. The summed E-state index contributed by atoms with van der Waals surface area (Å²) in [5.41, 5.74) is 2.49. The van der Waals surface area contributed by atoms with Crippen molar-refractivity contribution in [2.45, 2.75) is 81.7 Å². The number of aryl methyl sites for hydroxylation is 2. The van der Waals surface area contributed by atoms with Crippen LogP contribution in [0.2, 0.25) is 0 Å². The predicted molar refractivity (Wildman–Crippen MR) is 116 cm³/mol. The zero-order valence-corrected chi connectivity index (χ0v) is 18.8. The molecule has 1 aromatic rings. The lowest BCUT2D eigenvalue weighted by Crippen LogP contribution is -2.53. The van der Waals surface area contributed by atoms with Crippen LogP contribution < -0.4 is 0 Å². The number of sulfonamides is 1. The van der Waals surface area contributed by atoms with Crippen molar-refractivity contribution in [1.29, 1.82) is 0 Å². The van der Waals surface area contributed by atoms with Gasteiger partial charge in [-0.05, 0) is 74.6 Å². The smallest absolute Gasteiger partial charge is 0.243 e. The van der Waals surface area contributed by atoms with Crippen LogP contribution in [0.3, 0.4) is 0 Å². The minimum absolute atomic E-state index is 0.121. The Hall–Kier alpha value is -1.44. The molecular formula is C23H34N2O4S. The highest BCUT2D eigenvalue weighted by Gasteiger charge is 2.36. The van der Waals surface area contributed by atoms with E-state index in [1.807, 2.05) is 19.1 Å². The first kappa shape index (κ1) is 21.8. The van der Waals surface area contributed by atoms with Gasteiger partial charge in [0.25, 0.3) is 0 Å². The minimum atomic E-state index is -3.49. The molecular weight excluding hydrogens is 400 g/mol. The van der Waals surface area contributed by atoms with Crippen LogP contribution in [-0.4, -0.2) is 61.9 Å². The van der Waals surface area contributed by atoms with Crippen molar-refractivity contribution in [3.8, 4) is 0 Å². The molecule has 2 heterocycles. The molecule has 7 heteroatoms. The second kappa shape index (κ2) is 9.37. The molecule has 0 radical (unpaired) electrons. The highest BCUT2D eigenvalue weighted by molar-refractivity contribution is 7.89. The van der Waals surface area contributed by atoms with E-state index in [4.69, 9.17) is 4.74 Å². The lowest BCUT2D eigenvalue weighted by molar-refractivity contribution is -0.139. The Morgan fingerprint density at radius 1 is 1.03 bits per heavy atom. The number of carbonyl (C=O) groups is 1. The van der Waals surface area contributed by atoms with Crippen LogP contribution in [0.4, 0.5) is 0 Å². The quantitative estimate of drug-likeness (QED) is 0.714. The fourth-order valence-corrected chi connectivity index (χ4v) is 6.75. The van der Waals surface area contributed by atoms with Gasteiger partial charge in [-0.2, -0.15) is 4.31 Å². The third kappa shape index (κ3) is 4.43. The Balaban J connectivity index is 1.45. The lowest BCUT2D eigenvalue weighted by atomic mass is 9.92. The predicted octanol–water partition coefficient (Wildman–Crippen LogP) is 3.14. The zero-order valence-electron chi connectivity index (χ0n) is 18.0. The van der Waals surface area contributed by atoms with E-state index in [2.05, 4.69) is 4.90 Å². The van der Waals surface area contributed by atoms with E-state index in [-0.39, 0.29) is 18.0 Å². The molecule has 3 aliphatic rings. The molecule has 2 aliphatic heterocycles. The summed E-state index contributed by atoms with van der Waals surface area (Å²) in [5, 5.41) is 0. The molecule has 4 rings (SSSR count). The maximum absolute atomic E-state index is 13.3. The van der Waals surface area contributed by atoms with Crippen molar-refractivity contribution >= 4 is 15.9 Å². The number of hydrogen-bond acceptors (Lipinski definition) is 4. The summed E-state index contributed by atoms with van der Waals surface area (Å²) >= 11 is 0. The van der Waals surface area contributed by atoms with E-state index < -0.39 is 10.0 Å². The number of nitrogens with zero attached hydrogens (tertiary/aromatic N) is 2. The van der Waals surface area contributed by atoms with Crippen molar-refractivity contribution in [1.82, 2.24) is 9.21 Å². The van der Waals surface area contributed by atoms with Gasteiger partial charge in [-0.1, -0.05) is 13.0 Å². The summed E-state index contributed by atoms with van der Waals surface area (Å²) in [6.45, 7) is 4.25. The summed E-state index contributed by atoms with van der Waals surface area (Å²) in [6, 6.07) is 6.02. The number of benzene rings is 1. The fraction of sp³-hybridized carbons (Fsp3) is 0.696. The maximum atomic E-state index is 13.3. The molecule has 6 nitrogen and oxygen atoms in total. The van der Waals surface area contributed by atoms with E-state index in [9.17, 15) is 13.2 Å². The minimum Gasteiger partial charge on any atom is -0.381 e. The first-order valence-electron chi connectivity index (χ1n) is 11.5. The van der Waals surface area contributed by atoms with Gasteiger partial charge in [0, 0.05) is 44.8 Å². The molecule has 0 spiro atoms. The SMILES string of the molecule is CCC(=O)N(C1CCOCC1)C1CCN(S(=O)(=O)c2ccc3c(c2)CCCC3)CC1. The number of hydrogen-bond donors (Lipinski definition) is 0. The topological polar surface area (TPSA) is 66.9 Å². The van der Waals surface area contributed by atoms with Gasteiger partial charge in [-0.15, -0.1) is 0 Å². The number of fused-ring (bicyclic) bond motifs is 1. The van der Waals surface area contributed by atoms with Crippen molar-refractivity contribution in [3.63, 3.8) is 0 Å². The van der Waals surface area contributed by atoms with Gasteiger partial charge in [0.05, 0.1) is 4.90 Å². The first-order valence-corrected chi connectivity index (χ1v) is 13.0. The summed E-state index contributed by atoms with van der Waals surface area (Å²) < 4.78 is 33.6. The second-order valence-electron chi connectivity index (χ2n) is 8.77. The van der Waals surface area contributed by atoms with Crippen LogP contribution in [0.25, 0.3) is 0 Å². The molecule has 0 atom stereocenters. The fourth-order valence-electron chi connectivity index (χ4n) is 5.23. The third-order valence-electron chi connectivity index (χ3n) is 6.95. The Labute approximate surface area is 180 Å². The molecule has 30 heavy (non-hydrogen) atoms. The molecule has 166 valence electrons. The van der Waals surface area contributed by atoms with Crippen LogP contribution in [0.5, 0.6) is 0 Å². The molecule has 0 aromatic heterocycles. The van der Waals surface area contributed by atoms with Crippen molar-refractivity contribution in [2.24, 2.45) is 0 Å². The van der Waals surface area contributed by atoms with Crippen LogP contribution in [-0.2, 0) is 32.4 Å². The summed E-state index contributed by atoms with van der Waals surface area (Å²) in [7, 11) is -3.49. The van der Waals surface area contributed by atoms with Gasteiger partial charge < -0.3 is 9.64 Å². The van der Waals surface area contributed by atoms with Crippen LogP contribution >= 0.6 is 0 Å². The number of rotatable bonds is 5. The summed E-state index contributed by atoms with van der Waals surface area (Å²) in [5.74, 6) is 0.179. The Kier molecular flexibility index (Phi) is 6.80. The number of carbonyl (C=O) groups excluding carboxylic acids is 1. The molecule has 1 aliphatic carbocycles. The van der Waals surface area contributed by atoms with E-state index in [1.165, 1.54) is 17.5 Å². The highest BCUT2D eigenvalue weighted by Crippen LogP contribution is 2.29.